The second-order valence-corrected chi connectivity index (χ2v) is 6.26. The molecule has 1 fully saturated rings. The van der Waals surface area contributed by atoms with Crippen LogP contribution in [0, 0.1) is 5.82 Å². The number of esters is 1. The molecular formula is C18H22FN3O3. The molecule has 1 aromatic heterocycles. The van der Waals surface area contributed by atoms with Gasteiger partial charge in [-0.25, -0.2) is 14.0 Å². The number of hydrogen-bond acceptors (Lipinski definition) is 4. The van der Waals surface area contributed by atoms with Gasteiger partial charge < -0.3 is 9.72 Å². The maximum absolute atomic E-state index is 13.0. The largest absolute Gasteiger partial charge is 0.461 e. The van der Waals surface area contributed by atoms with Crippen molar-refractivity contribution in [3.63, 3.8) is 0 Å². The number of halogens is 1. The summed E-state index contributed by atoms with van der Waals surface area (Å²) in [6.45, 7) is 4.16. The van der Waals surface area contributed by atoms with Gasteiger partial charge in [-0.3, -0.25) is 9.88 Å². The number of imidazole rings is 1. The van der Waals surface area contributed by atoms with Gasteiger partial charge >= 0.3 is 11.7 Å². The second kappa shape index (κ2) is 7.65. The number of nitrogens with zero attached hydrogens (tertiary/aromatic N) is 1. The highest BCUT2D eigenvalue weighted by Gasteiger charge is 2.23. The first-order valence-electron chi connectivity index (χ1n) is 8.53. The number of aromatic nitrogens is 2. The third-order valence-corrected chi connectivity index (χ3v) is 4.59. The molecule has 1 aliphatic heterocycles. The molecule has 1 aliphatic rings. The predicted octanol–water partition coefficient (Wildman–Crippen LogP) is 2.40. The van der Waals surface area contributed by atoms with Gasteiger partial charge in [0, 0.05) is 6.54 Å². The monoisotopic (exact) mass is 347 g/mol. The van der Waals surface area contributed by atoms with E-state index in [1.807, 2.05) is 12.1 Å². The van der Waals surface area contributed by atoms with Crippen LogP contribution in [0.2, 0.25) is 0 Å². The molecule has 0 bridgehead atoms. The minimum absolute atomic E-state index is 0.201. The van der Waals surface area contributed by atoms with Crippen LogP contribution in [0.1, 0.15) is 47.4 Å². The molecule has 0 unspecified atom stereocenters. The highest BCUT2D eigenvalue weighted by Crippen LogP contribution is 2.28. The Kier molecular flexibility index (Phi) is 5.33. The smallest absolute Gasteiger partial charge is 0.356 e. The summed E-state index contributed by atoms with van der Waals surface area (Å²) in [6, 6.07) is 6.69. The summed E-state index contributed by atoms with van der Waals surface area (Å²) in [5.74, 6) is -0.326. The number of piperidine rings is 1. The summed E-state index contributed by atoms with van der Waals surface area (Å²) in [5, 5.41) is 0. The summed E-state index contributed by atoms with van der Waals surface area (Å²) >= 11 is 0. The van der Waals surface area contributed by atoms with Crippen LogP contribution in [0.15, 0.2) is 29.1 Å². The van der Waals surface area contributed by atoms with Crippen LogP contribution < -0.4 is 5.69 Å². The van der Waals surface area contributed by atoms with Crippen molar-refractivity contribution in [1.82, 2.24) is 14.9 Å². The summed E-state index contributed by atoms with van der Waals surface area (Å²) in [7, 11) is 0. The lowest BCUT2D eigenvalue weighted by Crippen LogP contribution is -2.33. The molecule has 0 atom stereocenters. The van der Waals surface area contributed by atoms with Gasteiger partial charge in [0.15, 0.2) is 0 Å². The minimum Gasteiger partial charge on any atom is -0.461 e. The van der Waals surface area contributed by atoms with Crippen molar-refractivity contribution in [2.45, 2.75) is 32.2 Å². The van der Waals surface area contributed by atoms with Crippen LogP contribution in [0.4, 0.5) is 4.39 Å². The van der Waals surface area contributed by atoms with Crippen LogP contribution in [-0.4, -0.2) is 40.5 Å². The number of benzene rings is 1. The van der Waals surface area contributed by atoms with Gasteiger partial charge in [-0.15, -0.1) is 0 Å². The zero-order valence-corrected chi connectivity index (χ0v) is 14.2. The van der Waals surface area contributed by atoms with Crippen molar-refractivity contribution in [1.29, 1.82) is 0 Å². The molecule has 0 aliphatic carbocycles. The first-order valence-corrected chi connectivity index (χ1v) is 8.53. The van der Waals surface area contributed by atoms with Gasteiger partial charge in [0.25, 0.3) is 0 Å². The molecule has 1 saturated heterocycles. The van der Waals surface area contributed by atoms with E-state index in [4.69, 9.17) is 4.74 Å². The van der Waals surface area contributed by atoms with Gasteiger partial charge in [-0.2, -0.15) is 0 Å². The van der Waals surface area contributed by atoms with Crippen LogP contribution in [0.5, 0.6) is 0 Å². The van der Waals surface area contributed by atoms with Gasteiger partial charge in [-0.1, -0.05) is 12.1 Å². The summed E-state index contributed by atoms with van der Waals surface area (Å²) in [5.41, 5.74) is 1.51. The van der Waals surface area contributed by atoms with Gasteiger partial charge in [0.1, 0.15) is 11.5 Å². The quantitative estimate of drug-likeness (QED) is 0.814. The Bertz CT molecular complexity index is 774. The average molecular weight is 347 g/mol. The number of hydrogen-bond donors (Lipinski definition) is 2. The van der Waals surface area contributed by atoms with E-state index in [-0.39, 0.29) is 18.1 Å². The number of carbonyl (C=O) groups is 1. The van der Waals surface area contributed by atoms with E-state index in [0.29, 0.717) is 18.2 Å². The van der Waals surface area contributed by atoms with Crippen LogP contribution in [-0.2, 0) is 11.3 Å². The Morgan fingerprint density at radius 3 is 2.56 bits per heavy atom. The van der Waals surface area contributed by atoms with Gasteiger partial charge in [-0.05, 0) is 56.5 Å². The highest BCUT2D eigenvalue weighted by molar-refractivity contribution is 5.88. The van der Waals surface area contributed by atoms with Crippen molar-refractivity contribution in [3.05, 3.63) is 57.5 Å². The van der Waals surface area contributed by atoms with E-state index in [1.54, 1.807) is 6.92 Å². The first kappa shape index (κ1) is 17.4. The molecule has 6 nitrogen and oxygen atoms in total. The van der Waals surface area contributed by atoms with Crippen molar-refractivity contribution in [2.75, 3.05) is 19.7 Å². The SMILES string of the molecule is CCOC(=O)c1[nH]c(=O)[nH]c1CN1CCC(c2ccc(F)cc2)CC1. The maximum Gasteiger partial charge on any atom is 0.356 e. The van der Waals surface area contributed by atoms with E-state index in [1.165, 1.54) is 12.1 Å². The number of H-pyrrole nitrogens is 2. The average Bonchev–Trinajstić information content (AvgIpc) is 2.97. The lowest BCUT2D eigenvalue weighted by Gasteiger charge is -2.32. The Morgan fingerprint density at radius 1 is 1.24 bits per heavy atom. The fourth-order valence-corrected chi connectivity index (χ4v) is 3.30. The van der Waals surface area contributed by atoms with E-state index < -0.39 is 11.7 Å². The molecule has 2 aromatic rings. The zero-order valence-electron chi connectivity index (χ0n) is 14.2. The van der Waals surface area contributed by atoms with Crippen LogP contribution in [0.25, 0.3) is 0 Å². The summed E-state index contributed by atoms with van der Waals surface area (Å²) < 4.78 is 18.0. The Morgan fingerprint density at radius 2 is 1.92 bits per heavy atom. The number of nitrogens with one attached hydrogen (secondary N) is 2. The molecule has 7 heteroatoms. The minimum atomic E-state index is -0.517. The van der Waals surface area contributed by atoms with Crippen molar-refractivity contribution in [3.8, 4) is 0 Å². The molecule has 2 N–H and O–H groups in total. The molecule has 3 rings (SSSR count). The zero-order chi connectivity index (χ0) is 17.8. The van der Waals surface area contributed by atoms with Crippen LogP contribution in [0.3, 0.4) is 0 Å². The van der Waals surface area contributed by atoms with Crippen molar-refractivity contribution < 1.29 is 13.9 Å². The molecule has 134 valence electrons. The lowest BCUT2D eigenvalue weighted by atomic mass is 9.89. The normalized spacial score (nSPS) is 16.1. The molecule has 0 spiro atoms. The van der Waals surface area contributed by atoms with Gasteiger partial charge in [0.05, 0.1) is 12.3 Å². The standard InChI is InChI=1S/C18H22FN3O3/c1-2-25-17(23)16-15(20-18(24)21-16)11-22-9-7-13(8-10-22)12-3-5-14(19)6-4-12/h3-6,13H,2,7-11H2,1H3,(H2,20,21,24). The Labute approximate surface area is 145 Å². The predicted molar refractivity (Wildman–Crippen MR) is 91.0 cm³/mol. The fraction of sp³-hybridized carbons (Fsp3) is 0.444. The number of aromatic amines is 2. The molecule has 2 heterocycles. The summed E-state index contributed by atoms with van der Waals surface area (Å²) in [4.78, 5) is 30.9. The molecule has 25 heavy (non-hydrogen) atoms. The number of likely N-dealkylation sites (tertiary alicyclic amines) is 1. The van der Waals surface area contributed by atoms with E-state index in [9.17, 15) is 14.0 Å². The van der Waals surface area contributed by atoms with Gasteiger partial charge in [0.2, 0.25) is 0 Å². The number of ether oxygens (including phenoxy) is 1. The number of carbonyl (C=O) groups excluding carboxylic acids is 1. The molecule has 0 saturated carbocycles. The lowest BCUT2D eigenvalue weighted by molar-refractivity contribution is 0.0517. The highest BCUT2D eigenvalue weighted by atomic mass is 19.1. The third-order valence-electron chi connectivity index (χ3n) is 4.59. The van der Waals surface area contributed by atoms with E-state index in [2.05, 4.69) is 14.9 Å². The molecule has 0 radical (unpaired) electrons. The van der Waals surface area contributed by atoms with Crippen molar-refractivity contribution >= 4 is 5.97 Å². The van der Waals surface area contributed by atoms with E-state index in [0.717, 1.165) is 31.5 Å². The topological polar surface area (TPSA) is 78.2 Å². The fourth-order valence-electron chi connectivity index (χ4n) is 3.30. The molecule has 0 amide bonds. The third kappa shape index (κ3) is 4.17. The van der Waals surface area contributed by atoms with Crippen molar-refractivity contribution in [2.24, 2.45) is 0 Å². The van der Waals surface area contributed by atoms with E-state index >= 15 is 0 Å². The Hall–Kier alpha value is -2.41. The van der Waals surface area contributed by atoms with Crippen LogP contribution >= 0.6 is 0 Å². The Balaban J connectivity index is 1.62. The number of rotatable bonds is 5. The molecular weight excluding hydrogens is 325 g/mol. The summed E-state index contributed by atoms with van der Waals surface area (Å²) in [6.07, 6.45) is 1.91. The second-order valence-electron chi connectivity index (χ2n) is 6.26. The maximum atomic E-state index is 13.0. The molecule has 1 aromatic carbocycles. The first-order chi connectivity index (χ1) is 12.1.